The number of fused-ring (bicyclic) bond motifs is 1. The molecule has 2 N–H and O–H groups in total. The van der Waals surface area contributed by atoms with E-state index in [9.17, 15) is 40.0 Å². The zero-order valence-corrected chi connectivity index (χ0v) is 23.5. The summed E-state index contributed by atoms with van der Waals surface area (Å²) < 4.78 is 94.7. The molecule has 0 aliphatic carbocycles. The molecule has 0 radical (unpaired) electrons. The van der Waals surface area contributed by atoms with Crippen molar-refractivity contribution in [1.29, 1.82) is 5.26 Å². The summed E-state index contributed by atoms with van der Waals surface area (Å²) in [6.07, 6.45) is -4.97. The molecule has 0 bridgehead atoms. The number of anilines is 1. The summed E-state index contributed by atoms with van der Waals surface area (Å²) in [5.41, 5.74) is -2.31. The zero-order chi connectivity index (χ0) is 32.0. The van der Waals surface area contributed by atoms with Crippen LogP contribution in [0.4, 0.5) is 27.6 Å². The molecule has 0 aromatic heterocycles. The number of benzene rings is 4. The number of hydrogen-bond donors (Lipinski definition) is 2. The number of halogens is 6. The van der Waals surface area contributed by atoms with Gasteiger partial charge in [0.25, 0.3) is 11.8 Å². The van der Waals surface area contributed by atoms with Crippen LogP contribution in [-0.4, -0.2) is 20.2 Å². The van der Waals surface area contributed by atoms with Gasteiger partial charge in [0.2, 0.25) is 0 Å². The fourth-order valence-electron chi connectivity index (χ4n) is 4.79. The topological polar surface area (TPSA) is 116 Å². The Bertz CT molecular complexity index is 2010. The van der Waals surface area contributed by atoms with E-state index in [-0.39, 0.29) is 49.5 Å². The van der Waals surface area contributed by atoms with Crippen molar-refractivity contribution in [2.45, 2.75) is 22.9 Å². The molecule has 4 aromatic rings. The van der Waals surface area contributed by atoms with Gasteiger partial charge >= 0.3 is 6.18 Å². The minimum absolute atomic E-state index is 0.0160. The van der Waals surface area contributed by atoms with Gasteiger partial charge in [-0.15, -0.1) is 0 Å². The highest BCUT2D eigenvalue weighted by Crippen LogP contribution is 2.41. The van der Waals surface area contributed by atoms with Crippen molar-refractivity contribution in [2.24, 2.45) is 0 Å². The average molecular weight is 646 g/mol. The summed E-state index contributed by atoms with van der Waals surface area (Å²) in [5.74, 6) is -4.70. The predicted octanol–water partition coefficient (Wildman–Crippen LogP) is 6.57. The molecule has 44 heavy (non-hydrogen) atoms. The summed E-state index contributed by atoms with van der Waals surface area (Å²) in [6.45, 7) is 0. The minimum atomic E-state index is -4.97. The van der Waals surface area contributed by atoms with Crippen molar-refractivity contribution >= 4 is 38.9 Å². The predicted molar refractivity (Wildman–Crippen MR) is 149 cm³/mol. The summed E-state index contributed by atoms with van der Waals surface area (Å²) in [4.78, 5) is 26.1. The molecule has 4 aromatic carbocycles. The van der Waals surface area contributed by atoms with Gasteiger partial charge in [0.1, 0.15) is 11.6 Å². The summed E-state index contributed by atoms with van der Waals surface area (Å²) in [5, 5.41) is 14.1. The van der Waals surface area contributed by atoms with Gasteiger partial charge in [-0.05, 0) is 72.3 Å². The first-order valence-corrected chi connectivity index (χ1v) is 14.5. The Labute approximate surface area is 251 Å². The van der Waals surface area contributed by atoms with Gasteiger partial charge in [-0.2, -0.15) is 18.4 Å². The molecule has 1 atom stereocenters. The molecular weight excluding hydrogens is 629 g/mol. The van der Waals surface area contributed by atoms with E-state index in [0.717, 1.165) is 18.2 Å². The van der Waals surface area contributed by atoms with Crippen LogP contribution in [0.2, 0.25) is 5.02 Å². The maximum Gasteiger partial charge on any atom is 0.416 e. The molecule has 1 aliphatic rings. The van der Waals surface area contributed by atoms with Crippen molar-refractivity contribution in [2.75, 3.05) is 5.32 Å². The Balaban J connectivity index is 1.64. The van der Waals surface area contributed by atoms with E-state index < -0.39 is 62.4 Å². The van der Waals surface area contributed by atoms with Crippen LogP contribution in [0.3, 0.4) is 0 Å². The second-order valence-corrected chi connectivity index (χ2v) is 12.2. The molecule has 1 aliphatic heterocycles. The summed E-state index contributed by atoms with van der Waals surface area (Å²) >= 11 is 6.28. The largest absolute Gasteiger partial charge is 0.416 e. The van der Waals surface area contributed by atoms with Crippen molar-refractivity contribution in [3.05, 3.63) is 128 Å². The van der Waals surface area contributed by atoms with Crippen LogP contribution in [0, 0.1) is 23.0 Å². The lowest BCUT2D eigenvalue weighted by molar-refractivity contribution is -0.137. The molecule has 0 saturated carbocycles. The van der Waals surface area contributed by atoms with Crippen molar-refractivity contribution in [3.8, 4) is 6.07 Å². The van der Waals surface area contributed by atoms with Crippen LogP contribution in [0.25, 0.3) is 0 Å². The maximum absolute atomic E-state index is 14.2. The fourth-order valence-corrected chi connectivity index (χ4v) is 6.38. The smallest absolute Gasteiger partial charge is 0.341 e. The molecule has 0 saturated heterocycles. The van der Waals surface area contributed by atoms with E-state index in [1.165, 1.54) is 36.4 Å². The number of amides is 2. The van der Waals surface area contributed by atoms with Gasteiger partial charge in [-0.3, -0.25) is 9.59 Å². The summed E-state index contributed by atoms with van der Waals surface area (Å²) in [6, 6.07) is 12.9. The molecular formula is C30H17ClF5N3O4S. The normalized spacial score (nSPS) is 14.5. The first-order chi connectivity index (χ1) is 20.7. The van der Waals surface area contributed by atoms with Crippen LogP contribution < -0.4 is 10.6 Å². The van der Waals surface area contributed by atoms with Gasteiger partial charge in [0, 0.05) is 33.0 Å². The van der Waals surface area contributed by atoms with Gasteiger partial charge < -0.3 is 10.6 Å². The number of carbonyl (C=O) groups is 2. The highest BCUT2D eigenvalue weighted by molar-refractivity contribution is 7.90. The van der Waals surface area contributed by atoms with Crippen molar-refractivity contribution in [3.63, 3.8) is 0 Å². The molecule has 0 unspecified atom stereocenters. The van der Waals surface area contributed by atoms with E-state index >= 15 is 0 Å². The van der Waals surface area contributed by atoms with E-state index in [0.29, 0.717) is 12.1 Å². The molecule has 224 valence electrons. The van der Waals surface area contributed by atoms with E-state index in [1.807, 2.05) is 6.07 Å². The maximum atomic E-state index is 14.2. The Morgan fingerprint density at radius 3 is 2.45 bits per heavy atom. The quantitative estimate of drug-likeness (QED) is 0.230. The standard InChI is InChI=1S/C30H17ClF5N3O4S/c31-24-5-4-19(32)12-22(24)27-26-23(29(41)39-27)7-16(14-44(42,43)21-3-1-2-15(6-21)13-37)8-25(26)38-28(40)17-9-18(30(34,35)36)11-20(33)10-17/h1-12,27H,14H2,(H,38,40)(H,39,41)/t27-/m0/s1. The zero-order valence-electron chi connectivity index (χ0n) is 22.0. The first-order valence-electron chi connectivity index (χ1n) is 12.5. The van der Waals surface area contributed by atoms with Crippen LogP contribution >= 0.6 is 11.6 Å². The number of sulfone groups is 1. The van der Waals surface area contributed by atoms with Crippen molar-refractivity contribution in [1.82, 2.24) is 5.32 Å². The summed E-state index contributed by atoms with van der Waals surface area (Å²) in [7, 11) is -4.12. The van der Waals surface area contributed by atoms with Gasteiger partial charge in [-0.25, -0.2) is 17.2 Å². The van der Waals surface area contributed by atoms with Crippen LogP contribution in [0.1, 0.15) is 54.6 Å². The van der Waals surface area contributed by atoms with E-state index in [4.69, 9.17) is 16.9 Å². The molecule has 0 spiro atoms. The molecule has 7 nitrogen and oxygen atoms in total. The highest BCUT2D eigenvalue weighted by atomic mass is 35.5. The lowest BCUT2D eigenvalue weighted by Crippen LogP contribution is -2.21. The third-order valence-electron chi connectivity index (χ3n) is 6.73. The Morgan fingerprint density at radius 2 is 1.75 bits per heavy atom. The number of nitrogens with one attached hydrogen (secondary N) is 2. The van der Waals surface area contributed by atoms with Gasteiger partial charge in [-0.1, -0.05) is 17.7 Å². The number of nitrogens with zero attached hydrogens (tertiary/aromatic N) is 1. The third-order valence-corrected chi connectivity index (χ3v) is 8.76. The number of alkyl halides is 3. The number of nitriles is 1. The lowest BCUT2D eigenvalue weighted by Gasteiger charge is -2.19. The molecule has 0 fully saturated rings. The highest BCUT2D eigenvalue weighted by Gasteiger charge is 2.36. The molecule has 2 amide bonds. The first kappa shape index (κ1) is 30.7. The second kappa shape index (κ2) is 11.4. The lowest BCUT2D eigenvalue weighted by atomic mass is 9.94. The average Bonchev–Trinajstić information content (AvgIpc) is 3.29. The SMILES string of the molecule is N#Cc1cccc(S(=O)(=O)Cc2cc(NC(=O)c3cc(F)cc(C(F)(F)F)c3)c3c(c2)C(=O)N[C@H]3c2cc(F)ccc2Cl)c1. The fraction of sp³-hybridized carbons (Fsp3) is 0.100. The minimum Gasteiger partial charge on any atom is -0.341 e. The third kappa shape index (κ3) is 6.13. The molecule has 1 heterocycles. The van der Waals surface area contributed by atoms with Crippen molar-refractivity contribution < 1.29 is 40.0 Å². The molecule has 14 heteroatoms. The number of carbonyl (C=O) groups excluding carboxylic acids is 2. The van der Waals surface area contributed by atoms with E-state index in [1.54, 1.807) is 0 Å². The number of hydrogen-bond acceptors (Lipinski definition) is 5. The second-order valence-electron chi connectivity index (χ2n) is 9.76. The van der Waals surface area contributed by atoms with Crippen LogP contribution in [0.15, 0.2) is 77.7 Å². The Morgan fingerprint density at radius 1 is 1.00 bits per heavy atom. The van der Waals surface area contributed by atoms with Gasteiger partial charge in [0.15, 0.2) is 9.84 Å². The Hall–Kier alpha value is -4.80. The number of rotatable bonds is 6. The molecule has 5 rings (SSSR count). The van der Waals surface area contributed by atoms with E-state index in [2.05, 4.69) is 10.6 Å². The monoisotopic (exact) mass is 645 g/mol. The Kier molecular flexibility index (Phi) is 7.92. The van der Waals surface area contributed by atoms with Crippen LogP contribution in [-0.2, 0) is 21.8 Å². The van der Waals surface area contributed by atoms with Gasteiger partial charge in [0.05, 0.1) is 33.9 Å². The van der Waals surface area contributed by atoms with Crippen LogP contribution in [0.5, 0.6) is 0 Å².